The molecule has 0 saturated carbocycles. The van der Waals surface area contributed by atoms with E-state index < -0.39 is 11.5 Å². The molecule has 0 aromatic carbocycles. The van der Waals surface area contributed by atoms with Gasteiger partial charge in [0, 0.05) is 6.04 Å². The van der Waals surface area contributed by atoms with Crippen molar-refractivity contribution in [2.75, 3.05) is 6.61 Å². The van der Waals surface area contributed by atoms with E-state index in [0.717, 1.165) is 12.8 Å². The number of rotatable bonds is 4. The van der Waals surface area contributed by atoms with Gasteiger partial charge >= 0.3 is 6.09 Å². The molecule has 0 aromatic heterocycles. The smallest absolute Gasteiger partial charge is 0.407 e. The van der Waals surface area contributed by atoms with Crippen LogP contribution in [0.3, 0.4) is 0 Å². The number of nitrogens with one attached hydrogen (secondary N) is 1. The molecule has 1 atom stereocenters. The van der Waals surface area contributed by atoms with Crippen LogP contribution in [0, 0.1) is 5.41 Å². The van der Waals surface area contributed by atoms with Crippen LogP contribution in [0.5, 0.6) is 0 Å². The van der Waals surface area contributed by atoms with E-state index in [1.165, 1.54) is 0 Å². The maximum atomic E-state index is 11.7. The number of carbonyl (C=O) groups is 2. The molecule has 0 aliphatic heterocycles. The first-order valence-electron chi connectivity index (χ1n) is 6.05. The fourth-order valence-electron chi connectivity index (χ4n) is 1.92. The largest absolute Gasteiger partial charge is 0.448 e. The molecule has 17 heavy (non-hydrogen) atoms. The van der Waals surface area contributed by atoms with Crippen molar-refractivity contribution in [1.29, 1.82) is 0 Å². The Morgan fingerprint density at radius 2 is 2.12 bits per heavy atom. The standard InChI is InChI=1S/C13H21NO3/c1-10(2)14-12(16)17-9-13(11(3)15)7-5-4-6-8-13/h4-5,10H,6-9H2,1-3H3,(H,14,16). The van der Waals surface area contributed by atoms with E-state index in [1.54, 1.807) is 6.92 Å². The molecular formula is C13H21NO3. The summed E-state index contributed by atoms with van der Waals surface area (Å²) < 4.78 is 5.15. The van der Waals surface area contributed by atoms with E-state index in [4.69, 9.17) is 4.74 Å². The highest BCUT2D eigenvalue weighted by atomic mass is 16.5. The Bertz CT molecular complexity index is 323. The first-order valence-corrected chi connectivity index (χ1v) is 6.05. The van der Waals surface area contributed by atoms with Gasteiger partial charge in [0.2, 0.25) is 0 Å². The van der Waals surface area contributed by atoms with Crippen LogP contribution in [0.15, 0.2) is 12.2 Å². The molecular weight excluding hydrogens is 218 g/mol. The van der Waals surface area contributed by atoms with Gasteiger partial charge < -0.3 is 10.1 Å². The number of allylic oxidation sites excluding steroid dienone is 2. The molecule has 1 aliphatic carbocycles. The van der Waals surface area contributed by atoms with E-state index in [-0.39, 0.29) is 18.4 Å². The molecule has 0 fully saturated rings. The van der Waals surface area contributed by atoms with Crippen molar-refractivity contribution in [3.63, 3.8) is 0 Å². The van der Waals surface area contributed by atoms with Gasteiger partial charge in [-0.05, 0) is 40.0 Å². The number of hydrogen-bond donors (Lipinski definition) is 1. The summed E-state index contributed by atoms with van der Waals surface area (Å²) in [5, 5.41) is 2.65. The topological polar surface area (TPSA) is 55.4 Å². The number of Topliss-reactive ketones (excluding diaryl/α,β-unsaturated/α-hetero) is 1. The molecule has 96 valence electrons. The van der Waals surface area contributed by atoms with Gasteiger partial charge in [0.05, 0.1) is 5.41 Å². The summed E-state index contributed by atoms with van der Waals surface area (Å²) in [5.74, 6) is 0.0965. The summed E-state index contributed by atoms with van der Waals surface area (Å²) in [6.07, 6.45) is 5.90. The summed E-state index contributed by atoms with van der Waals surface area (Å²) in [4.78, 5) is 23.1. The molecule has 1 N–H and O–H groups in total. The summed E-state index contributed by atoms with van der Waals surface area (Å²) in [5.41, 5.74) is -0.511. The Kier molecular flexibility index (Phi) is 4.73. The third kappa shape index (κ3) is 3.88. The summed E-state index contributed by atoms with van der Waals surface area (Å²) >= 11 is 0. The summed E-state index contributed by atoms with van der Waals surface area (Å²) in [7, 11) is 0. The number of carbonyl (C=O) groups excluding carboxylic acids is 2. The summed E-state index contributed by atoms with van der Waals surface area (Å²) in [6.45, 7) is 5.48. The van der Waals surface area contributed by atoms with Crippen molar-refractivity contribution in [3.05, 3.63) is 12.2 Å². The first kappa shape index (κ1) is 13.7. The van der Waals surface area contributed by atoms with E-state index >= 15 is 0 Å². The molecule has 1 aliphatic rings. The molecule has 0 bridgehead atoms. The minimum atomic E-state index is -0.511. The van der Waals surface area contributed by atoms with E-state index in [2.05, 4.69) is 11.4 Å². The zero-order valence-electron chi connectivity index (χ0n) is 10.8. The van der Waals surface area contributed by atoms with Crippen molar-refractivity contribution >= 4 is 11.9 Å². The highest BCUT2D eigenvalue weighted by Gasteiger charge is 2.36. The van der Waals surface area contributed by atoms with Crippen LogP contribution in [0.4, 0.5) is 4.79 Å². The second-order valence-corrected chi connectivity index (χ2v) is 4.93. The average Bonchev–Trinajstić information content (AvgIpc) is 2.26. The number of alkyl carbamates (subject to hydrolysis) is 1. The second-order valence-electron chi connectivity index (χ2n) is 4.93. The highest BCUT2D eigenvalue weighted by Crippen LogP contribution is 2.34. The van der Waals surface area contributed by atoms with Crippen LogP contribution < -0.4 is 5.32 Å². The summed E-state index contributed by atoms with van der Waals surface area (Å²) in [6, 6.07) is 0.0435. The van der Waals surface area contributed by atoms with Crippen molar-refractivity contribution in [2.45, 2.75) is 46.1 Å². The molecule has 1 unspecified atom stereocenters. The Hall–Kier alpha value is -1.32. The molecule has 0 radical (unpaired) electrons. The maximum absolute atomic E-state index is 11.7. The fraction of sp³-hybridized carbons (Fsp3) is 0.692. The van der Waals surface area contributed by atoms with Gasteiger partial charge in [0.1, 0.15) is 12.4 Å². The SMILES string of the molecule is CC(=O)C1(COC(=O)NC(C)C)CC=CCC1. The Labute approximate surface area is 102 Å². The minimum absolute atomic E-state index is 0.0435. The van der Waals surface area contributed by atoms with Crippen molar-refractivity contribution < 1.29 is 14.3 Å². The van der Waals surface area contributed by atoms with E-state index in [0.29, 0.717) is 6.42 Å². The van der Waals surface area contributed by atoms with Gasteiger partial charge in [0.25, 0.3) is 0 Å². The predicted molar refractivity (Wildman–Crippen MR) is 65.7 cm³/mol. The molecule has 1 rings (SSSR count). The van der Waals surface area contributed by atoms with Gasteiger partial charge in [-0.3, -0.25) is 4.79 Å². The molecule has 0 heterocycles. The van der Waals surface area contributed by atoms with E-state index in [9.17, 15) is 9.59 Å². The lowest BCUT2D eigenvalue weighted by Crippen LogP contribution is -2.39. The van der Waals surface area contributed by atoms with Gasteiger partial charge in [-0.25, -0.2) is 4.79 Å². The van der Waals surface area contributed by atoms with Gasteiger partial charge in [0.15, 0.2) is 0 Å². The predicted octanol–water partition coefficient (Wildman–Crippen LogP) is 2.44. The Balaban J connectivity index is 2.54. The number of ether oxygens (including phenoxy) is 1. The lowest BCUT2D eigenvalue weighted by molar-refractivity contribution is -0.129. The third-order valence-corrected chi connectivity index (χ3v) is 3.10. The fourth-order valence-corrected chi connectivity index (χ4v) is 1.92. The van der Waals surface area contributed by atoms with Crippen LogP contribution >= 0.6 is 0 Å². The van der Waals surface area contributed by atoms with E-state index in [1.807, 2.05) is 19.9 Å². The minimum Gasteiger partial charge on any atom is -0.448 e. The average molecular weight is 239 g/mol. The normalized spacial score (nSPS) is 23.5. The number of amides is 1. The highest BCUT2D eigenvalue weighted by molar-refractivity contribution is 5.83. The van der Waals surface area contributed by atoms with Crippen LogP contribution in [-0.4, -0.2) is 24.5 Å². The first-order chi connectivity index (χ1) is 7.96. The zero-order valence-corrected chi connectivity index (χ0v) is 10.8. The van der Waals surface area contributed by atoms with Crippen molar-refractivity contribution in [2.24, 2.45) is 5.41 Å². The molecule has 4 heteroatoms. The molecule has 0 aromatic rings. The maximum Gasteiger partial charge on any atom is 0.407 e. The van der Waals surface area contributed by atoms with Gasteiger partial charge in [-0.2, -0.15) is 0 Å². The van der Waals surface area contributed by atoms with Crippen molar-refractivity contribution in [1.82, 2.24) is 5.32 Å². The molecule has 4 nitrogen and oxygen atoms in total. The van der Waals surface area contributed by atoms with Crippen molar-refractivity contribution in [3.8, 4) is 0 Å². The Morgan fingerprint density at radius 3 is 2.59 bits per heavy atom. The number of ketones is 1. The van der Waals surface area contributed by atoms with Gasteiger partial charge in [-0.1, -0.05) is 12.2 Å². The quantitative estimate of drug-likeness (QED) is 0.767. The van der Waals surface area contributed by atoms with Crippen LogP contribution in [-0.2, 0) is 9.53 Å². The molecule has 0 saturated heterocycles. The van der Waals surface area contributed by atoms with Crippen LogP contribution in [0.1, 0.15) is 40.0 Å². The van der Waals surface area contributed by atoms with Gasteiger partial charge in [-0.15, -0.1) is 0 Å². The second kappa shape index (κ2) is 5.84. The van der Waals surface area contributed by atoms with Crippen LogP contribution in [0.25, 0.3) is 0 Å². The monoisotopic (exact) mass is 239 g/mol. The Morgan fingerprint density at radius 1 is 1.41 bits per heavy atom. The number of hydrogen-bond acceptors (Lipinski definition) is 3. The van der Waals surface area contributed by atoms with Crippen LogP contribution in [0.2, 0.25) is 0 Å². The lowest BCUT2D eigenvalue weighted by atomic mass is 9.75. The molecule has 0 spiro atoms. The zero-order chi connectivity index (χ0) is 12.9. The third-order valence-electron chi connectivity index (χ3n) is 3.10. The molecule has 1 amide bonds. The lowest BCUT2D eigenvalue weighted by Gasteiger charge is -2.31.